The summed E-state index contributed by atoms with van der Waals surface area (Å²) in [5.41, 5.74) is 5.74. The predicted molar refractivity (Wildman–Crippen MR) is 71.7 cm³/mol. The van der Waals surface area contributed by atoms with E-state index in [-0.39, 0.29) is 5.41 Å². The molecule has 0 N–H and O–H groups in total. The first-order valence-corrected chi connectivity index (χ1v) is 6.24. The molecule has 0 aromatic heterocycles. The van der Waals surface area contributed by atoms with Crippen molar-refractivity contribution in [3.05, 3.63) is 59.4 Å². The Kier molecular flexibility index (Phi) is 2.04. The van der Waals surface area contributed by atoms with Crippen molar-refractivity contribution in [3.8, 4) is 0 Å². The topological polar surface area (TPSA) is 3.24 Å². The number of rotatable bonds is 0. The summed E-state index contributed by atoms with van der Waals surface area (Å²) in [7, 11) is 2.14. The fourth-order valence-corrected chi connectivity index (χ4v) is 3.34. The molecule has 88 valence electrons. The smallest absolute Gasteiger partial charge is 0.0348 e. The van der Waals surface area contributed by atoms with Gasteiger partial charge in [-0.05, 0) is 17.5 Å². The molecule has 0 spiro atoms. The maximum atomic E-state index is 4.27. The summed E-state index contributed by atoms with van der Waals surface area (Å²) in [5.74, 6) is 0.477. The fourth-order valence-electron chi connectivity index (χ4n) is 3.34. The Morgan fingerprint density at radius 2 is 2.00 bits per heavy atom. The highest BCUT2D eigenvalue weighted by atomic mass is 15.2. The lowest BCUT2D eigenvalue weighted by Crippen LogP contribution is -2.20. The van der Waals surface area contributed by atoms with Gasteiger partial charge < -0.3 is 4.90 Å². The van der Waals surface area contributed by atoms with Crippen LogP contribution in [0.5, 0.6) is 0 Å². The van der Waals surface area contributed by atoms with Crippen LogP contribution in [-0.2, 0) is 6.42 Å². The molecule has 1 aliphatic heterocycles. The summed E-state index contributed by atoms with van der Waals surface area (Å²) in [4.78, 5) is 2.28. The van der Waals surface area contributed by atoms with Crippen LogP contribution in [0.25, 0.3) is 0 Å². The third-order valence-corrected chi connectivity index (χ3v) is 4.45. The van der Waals surface area contributed by atoms with E-state index in [0.29, 0.717) is 5.92 Å². The number of benzene rings is 1. The first kappa shape index (κ1) is 10.6. The molecule has 17 heavy (non-hydrogen) atoms. The molecular weight excluding hydrogens is 206 g/mol. The number of allylic oxidation sites excluding steroid dienone is 3. The number of hydrogen-bond acceptors (Lipinski definition) is 1. The SMILES string of the molecule is C=C1N(C)C2=CCc3ccccc3C2C1(C)C. The lowest BCUT2D eigenvalue weighted by atomic mass is 9.71. The molecule has 1 aromatic carbocycles. The van der Waals surface area contributed by atoms with Gasteiger partial charge in [0.05, 0.1) is 0 Å². The summed E-state index contributed by atoms with van der Waals surface area (Å²) in [6.07, 6.45) is 3.42. The second-order valence-corrected chi connectivity index (χ2v) is 5.69. The maximum absolute atomic E-state index is 4.27. The zero-order valence-corrected chi connectivity index (χ0v) is 10.8. The molecule has 1 heterocycles. The molecule has 1 nitrogen and oxygen atoms in total. The number of fused-ring (bicyclic) bond motifs is 3. The number of likely N-dealkylation sites (N-methyl/N-ethyl adjacent to an activating group) is 1. The Hall–Kier alpha value is -1.50. The van der Waals surface area contributed by atoms with Crippen LogP contribution in [0.2, 0.25) is 0 Å². The van der Waals surface area contributed by atoms with Gasteiger partial charge in [0.25, 0.3) is 0 Å². The van der Waals surface area contributed by atoms with Gasteiger partial charge in [-0.25, -0.2) is 0 Å². The summed E-state index contributed by atoms with van der Waals surface area (Å²) in [6, 6.07) is 8.82. The highest BCUT2D eigenvalue weighted by Gasteiger charge is 2.47. The first-order valence-electron chi connectivity index (χ1n) is 6.24. The Bertz CT molecular complexity index is 522. The van der Waals surface area contributed by atoms with Crippen molar-refractivity contribution in [2.75, 3.05) is 7.05 Å². The van der Waals surface area contributed by atoms with Gasteiger partial charge in [-0.15, -0.1) is 0 Å². The molecule has 1 fully saturated rings. The van der Waals surface area contributed by atoms with E-state index < -0.39 is 0 Å². The van der Waals surface area contributed by atoms with Crippen molar-refractivity contribution < 1.29 is 0 Å². The van der Waals surface area contributed by atoms with E-state index in [1.165, 1.54) is 22.5 Å². The van der Waals surface area contributed by atoms with Gasteiger partial charge in [-0.2, -0.15) is 0 Å². The minimum Gasteiger partial charge on any atom is -0.351 e. The molecule has 1 saturated heterocycles. The molecule has 0 radical (unpaired) electrons. The van der Waals surface area contributed by atoms with Crippen molar-refractivity contribution in [2.24, 2.45) is 5.41 Å². The molecule has 0 bridgehead atoms. The van der Waals surface area contributed by atoms with Gasteiger partial charge in [-0.1, -0.05) is 50.8 Å². The second kappa shape index (κ2) is 3.25. The summed E-state index contributed by atoms with van der Waals surface area (Å²) in [6.45, 7) is 8.88. The van der Waals surface area contributed by atoms with E-state index in [2.05, 4.69) is 62.7 Å². The lowest BCUT2D eigenvalue weighted by Gasteiger charge is -2.30. The Morgan fingerprint density at radius 3 is 2.76 bits per heavy atom. The number of hydrogen-bond donors (Lipinski definition) is 0. The van der Waals surface area contributed by atoms with Crippen molar-refractivity contribution in [1.82, 2.24) is 4.90 Å². The monoisotopic (exact) mass is 225 g/mol. The standard InChI is InChI=1S/C16H19N/c1-11-16(2,3)15-13-8-6-5-7-12(13)9-10-14(15)17(11)4/h5-8,10,15H,1,9H2,2-4H3. The van der Waals surface area contributed by atoms with Gasteiger partial charge in [0.1, 0.15) is 0 Å². The molecule has 0 saturated carbocycles. The number of nitrogens with zero attached hydrogens (tertiary/aromatic N) is 1. The highest BCUT2D eigenvalue weighted by Crippen LogP contribution is 2.56. The molecule has 1 heteroatoms. The van der Waals surface area contributed by atoms with E-state index in [4.69, 9.17) is 0 Å². The summed E-state index contributed by atoms with van der Waals surface area (Å²) < 4.78 is 0. The van der Waals surface area contributed by atoms with Crippen molar-refractivity contribution in [2.45, 2.75) is 26.2 Å². The van der Waals surface area contributed by atoms with Crippen LogP contribution < -0.4 is 0 Å². The Morgan fingerprint density at radius 1 is 1.29 bits per heavy atom. The van der Waals surface area contributed by atoms with Crippen LogP contribution >= 0.6 is 0 Å². The average molecular weight is 225 g/mol. The molecule has 0 amide bonds. The van der Waals surface area contributed by atoms with Gasteiger partial charge in [0, 0.05) is 29.8 Å². The highest BCUT2D eigenvalue weighted by molar-refractivity contribution is 5.48. The molecule has 1 atom stereocenters. The number of likely N-dealkylation sites (tertiary alicyclic amines) is 1. The first-order chi connectivity index (χ1) is 8.03. The van der Waals surface area contributed by atoms with Crippen LogP contribution in [0, 0.1) is 5.41 Å². The Balaban J connectivity index is 2.21. The van der Waals surface area contributed by atoms with Crippen LogP contribution in [0.4, 0.5) is 0 Å². The van der Waals surface area contributed by atoms with Crippen LogP contribution in [0.1, 0.15) is 30.9 Å². The van der Waals surface area contributed by atoms with E-state index in [0.717, 1.165) is 6.42 Å². The van der Waals surface area contributed by atoms with Crippen molar-refractivity contribution >= 4 is 0 Å². The van der Waals surface area contributed by atoms with Crippen LogP contribution in [-0.4, -0.2) is 11.9 Å². The third kappa shape index (κ3) is 1.25. The second-order valence-electron chi connectivity index (χ2n) is 5.69. The van der Waals surface area contributed by atoms with Gasteiger partial charge >= 0.3 is 0 Å². The van der Waals surface area contributed by atoms with Gasteiger partial charge in [0.15, 0.2) is 0 Å². The molecule has 1 aromatic rings. The maximum Gasteiger partial charge on any atom is 0.0348 e. The zero-order chi connectivity index (χ0) is 12.2. The van der Waals surface area contributed by atoms with Crippen molar-refractivity contribution in [1.29, 1.82) is 0 Å². The lowest BCUT2D eigenvalue weighted by molar-refractivity contribution is 0.406. The zero-order valence-electron chi connectivity index (χ0n) is 10.8. The summed E-state index contributed by atoms with van der Waals surface area (Å²) >= 11 is 0. The van der Waals surface area contributed by atoms with Crippen molar-refractivity contribution in [3.63, 3.8) is 0 Å². The summed E-state index contributed by atoms with van der Waals surface area (Å²) in [5, 5.41) is 0. The molecule has 3 rings (SSSR count). The quantitative estimate of drug-likeness (QED) is 0.651. The molecule has 2 aliphatic rings. The fraction of sp³-hybridized carbons (Fsp3) is 0.375. The molecular formula is C16H19N. The van der Waals surface area contributed by atoms with Gasteiger partial charge in [-0.3, -0.25) is 0 Å². The van der Waals surface area contributed by atoms with E-state index in [1.54, 1.807) is 0 Å². The van der Waals surface area contributed by atoms with E-state index in [9.17, 15) is 0 Å². The van der Waals surface area contributed by atoms with Crippen LogP contribution in [0.3, 0.4) is 0 Å². The predicted octanol–water partition coefficient (Wildman–Crippen LogP) is 3.70. The normalized spacial score (nSPS) is 25.4. The minimum atomic E-state index is 0.122. The molecule has 1 unspecified atom stereocenters. The van der Waals surface area contributed by atoms with Crippen LogP contribution in [0.15, 0.2) is 48.3 Å². The Labute approximate surface area is 103 Å². The largest absolute Gasteiger partial charge is 0.351 e. The molecule has 1 aliphatic carbocycles. The van der Waals surface area contributed by atoms with E-state index in [1.807, 2.05) is 0 Å². The average Bonchev–Trinajstić information content (AvgIpc) is 2.51. The third-order valence-electron chi connectivity index (χ3n) is 4.45. The van der Waals surface area contributed by atoms with Gasteiger partial charge in [0.2, 0.25) is 0 Å². The minimum absolute atomic E-state index is 0.122. The van der Waals surface area contributed by atoms with E-state index >= 15 is 0 Å².